The monoisotopic (exact) mass is 334 g/mol. The number of hydrogen-bond acceptors (Lipinski definition) is 3. The quantitative estimate of drug-likeness (QED) is 0.880. The van der Waals surface area contributed by atoms with Gasteiger partial charge in [0, 0.05) is 30.8 Å². The van der Waals surface area contributed by atoms with Crippen LogP contribution in [-0.2, 0) is 6.42 Å². The van der Waals surface area contributed by atoms with Crippen molar-refractivity contribution in [2.24, 2.45) is 0 Å². The lowest BCUT2D eigenvalue weighted by Crippen LogP contribution is -2.33. The van der Waals surface area contributed by atoms with Crippen LogP contribution < -0.4 is 5.32 Å². The van der Waals surface area contributed by atoms with Crippen LogP contribution in [0, 0.1) is 0 Å². The zero-order valence-corrected chi connectivity index (χ0v) is 14.8. The summed E-state index contributed by atoms with van der Waals surface area (Å²) in [5.74, 6) is 0.285. The summed E-state index contributed by atoms with van der Waals surface area (Å²) in [6.45, 7) is 4.39. The third kappa shape index (κ3) is 3.47. The molecule has 130 valence electrons. The molecule has 3 heteroatoms. The molecule has 0 aromatic heterocycles. The van der Waals surface area contributed by atoms with Gasteiger partial charge in [0.25, 0.3) is 0 Å². The zero-order valence-electron chi connectivity index (χ0n) is 14.8. The maximum Gasteiger partial charge on any atom is 0.165 e. The molecule has 1 N–H and O–H groups in total. The molecule has 3 nitrogen and oxygen atoms in total. The van der Waals surface area contributed by atoms with Gasteiger partial charge in [-0.25, -0.2) is 0 Å². The fourth-order valence-electron chi connectivity index (χ4n) is 4.16. The second-order valence-corrected chi connectivity index (χ2v) is 7.13. The molecule has 1 heterocycles. The first-order valence-electron chi connectivity index (χ1n) is 9.53. The van der Waals surface area contributed by atoms with Gasteiger partial charge in [0.15, 0.2) is 5.78 Å². The second-order valence-electron chi connectivity index (χ2n) is 7.13. The fraction of sp³-hybridized carbons (Fsp3) is 0.409. The number of benzene rings is 2. The first kappa shape index (κ1) is 16.3. The number of Topliss-reactive ketones (excluding diaryl/α,β-unsaturated/α-hetero) is 1. The van der Waals surface area contributed by atoms with E-state index in [9.17, 15) is 4.79 Å². The number of likely N-dealkylation sites (tertiary alicyclic amines) is 1. The van der Waals surface area contributed by atoms with E-state index in [1.54, 1.807) is 0 Å². The van der Waals surface area contributed by atoms with Gasteiger partial charge in [-0.3, -0.25) is 4.79 Å². The molecule has 0 amide bonds. The number of ketones is 1. The number of piperidine rings is 1. The molecule has 0 bridgehead atoms. The third-order valence-electron chi connectivity index (χ3n) is 5.47. The lowest BCUT2D eigenvalue weighted by atomic mass is 9.95. The average Bonchev–Trinajstić information content (AvgIpc) is 3.06. The molecule has 0 spiro atoms. The number of carbonyl (C=O) groups excluding carboxylic acids is 1. The Morgan fingerprint density at radius 3 is 2.52 bits per heavy atom. The summed E-state index contributed by atoms with van der Waals surface area (Å²) in [5.41, 5.74) is 5.59. The predicted octanol–water partition coefficient (Wildman–Crippen LogP) is 4.38. The first-order chi connectivity index (χ1) is 12.3. The van der Waals surface area contributed by atoms with Crippen molar-refractivity contribution in [3.8, 4) is 11.1 Å². The Hall–Kier alpha value is -2.13. The van der Waals surface area contributed by atoms with E-state index in [0.29, 0.717) is 6.42 Å². The van der Waals surface area contributed by atoms with Crippen LogP contribution in [0.15, 0.2) is 42.5 Å². The molecule has 2 aromatic rings. The molecule has 0 saturated carbocycles. The third-order valence-corrected chi connectivity index (χ3v) is 5.47. The summed E-state index contributed by atoms with van der Waals surface area (Å²) in [4.78, 5) is 15.0. The van der Waals surface area contributed by atoms with Crippen LogP contribution in [0.3, 0.4) is 0 Å². The molecule has 0 radical (unpaired) electrons. The van der Waals surface area contributed by atoms with Gasteiger partial charge in [-0.2, -0.15) is 0 Å². The van der Waals surface area contributed by atoms with Gasteiger partial charge in [0.2, 0.25) is 0 Å². The molecule has 2 aromatic carbocycles. The smallest absolute Gasteiger partial charge is 0.165 e. The van der Waals surface area contributed by atoms with E-state index in [-0.39, 0.29) is 5.78 Å². The van der Waals surface area contributed by atoms with Crippen molar-refractivity contribution < 1.29 is 4.79 Å². The Kier molecular flexibility index (Phi) is 4.84. The molecule has 2 aliphatic rings. The van der Waals surface area contributed by atoms with E-state index in [4.69, 9.17) is 0 Å². The number of hydrogen-bond donors (Lipinski definition) is 1. The van der Waals surface area contributed by atoms with Crippen molar-refractivity contribution in [1.29, 1.82) is 0 Å². The summed E-state index contributed by atoms with van der Waals surface area (Å²) in [6.07, 6.45) is 5.51. The number of rotatable bonds is 5. The predicted molar refractivity (Wildman–Crippen MR) is 103 cm³/mol. The molecule has 1 saturated heterocycles. The van der Waals surface area contributed by atoms with Crippen LogP contribution >= 0.6 is 0 Å². The van der Waals surface area contributed by atoms with Crippen molar-refractivity contribution in [2.45, 2.75) is 32.1 Å². The number of nitrogens with zero attached hydrogens (tertiary/aromatic N) is 1. The normalized spacial score (nSPS) is 17.5. The zero-order chi connectivity index (χ0) is 17.1. The minimum Gasteiger partial charge on any atom is -0.383 e. The Morgan fingerprint density at radius 1 is 0.920 bits per heavy atom. The molecule has 1 aliphatic heterocycles. The van der Waals surface area contributed by atoms with E-state index in [1.165, 1.54) is 49.0 Å². The summed E-state index contributed by atoms with van der Waals surface area (Å²) in [7, 11) is 0. The van der Waals surface area contributed by atoms with E-state index >= 15 is 0 Å². The summed E-state index contributed by atoms with van der Waals surface area (Å²) in [5, 5.41) is 3.54. The Morgan fingerprint density at radius 2 is 1.72 bits per heavy atom. The highest BCUT2D eigenvalue weighted by molar-refractivity contribution is 6.07. The Labute approximate surface area is 150 Å². The largest absolute Gasteiger partial charge is 0.383 e. The minimum absolute atomic E-state index is 0.285. The van der Waals surface area contributed by atoms with Crippen LogP contribution in [0.1, 0.15) is 41.6 Å². The van der Waals surface area contributed by atoms with Crippen LogP contribution in [0.4, 0.5) is 5.69 Å². The van der Waals surface area contributed by atoms with Gasteiger partial charge in [-0.15, -0.1) is 0 Å². The van der Waals surface area contributed by atoms with Gasteiger partial charge in [0.05, 0.1) is 0 Å². The van der Waals surface area contributed by atoms with Crippen molar-refractivity contribution in [3.63, 3.8) is 0 Å². The van der Waals surface area contributed by atoms with E-state index < -0.39 is 0 Å². The molecule has 1 aliphatic carbocycles. The number of nitrogens with one attached hydrogen (secondary N) is 1. The molecule has 0 atom stereocenters. The highest BCUT2D eigenvalue weighted by Crippen LogP contribution is 2.36. The van der Waals surface area contributed by atoms with Crippen LogP contribution in [-0.4, -0.2) is 36.9 Å². The maximum atomic E-state index is 12.5. The molecular weight excluding hydrogens is 308 g/mol. The van der Waals surface area contributed by atoms with Crippen LogP contribution in [0.2, 0.25) is 0 Å². The summed E-state index contributed by atoms with van der Waals surface area (Å²) >= 11 is 0. The van der Waals surface area contributed by atoms with Crippen molar-refractivity contribution >= 4 is 11.5 Å². The number of anilines is 1. The van der Waals surface area contributed by atoms with Gasteiger partial charge in [-0.1, -0.05) is 42.8 Å². The van der Waals surface area contributed by atoms with Crippen molar-refractivity contribution in [2.75, 3.05) is 31.5 Å². The molecule has 25 heavy (non-hydrogen) atoms. The maximum absolute atomic E-state index is 12.5. The average molecular weight is 334 g/mol. The molecule has 4 rings (SSSR count). The standard InChI is InChI=1S/C22H26N2O/c25-21-12-10-19-18(17-7-3-1-4-8-17)9-11-20(22(19)21)23-13-16-24-14-5-2-6-15-24/h1,3-4,7-9,11,23H,2,5-6,10,12-16H2. The Bertz CT molecular complexity index is 748. The number of fused-ring (bicyclic) bond motifs is 1. The summed E-state index contributed by atoms with van der Waals surface area (Å²) < 4.78 is 0. The van der Waals surface area contributed by atoms with Gasteiger partial charge in [-0.05, 0) is 55.1 Å². The van der Waals surface area contributed by atoms with Crippen LogP contribution in [0.25, 0.3) is 11.1 Å². The lowest BCUT2D eigenvalue weighted by molar-refractivity contribution is 0.0995. The van der Waals surface area contributed by atoms with E-state index in [0.717, 1.165) is 30.8 Å². The minimum atomic E-state index is 0.285. The highest BCUT2D eigenvalue weighted by Gasteiger charge is 2.26. The van der Waals surface area contributed by atoms with Crippen molar-refractivity contribution in [1.82, 2.24) is 4.90 Å². The molecule has 0 unspecified atom stereocenters. The lowest BCUT2D eigenvalue weighted by Gasteiger charge is -2.26. The van der Waals surface area contributed by atoms with E-state index in [1.807, 2.05) is 6.07 Å². The Balaban J connectivity index is 1.53. The fourth-order valence-corrected chi connectivity index (χ4v) is 4.16. The topological polar surface area (TPSA) is 32.3 Å². The SMILES string of the molecule is O=C1CCc2c(-c3ccccc3)ccc(NCCN3CCCCC3)c21. The summed E-state index contributed by atoms with van der Waals surface area (Å²) in [6, 6.07) is 14.7. The second kappa shape index (κ2) is 7.40. The van der Waals surface area contributed by atoms with Gasteiger partial charge >= 0.3 is 0 Å². The first-order valence-corrected chi connectivity index (χ1v) is 9.53. The van der Waals surface area contributed by atoms with Gasteiger partial charge < -0.3 is 10.2 Å². The van der Waals surface area contributed by atoms with Gasteiger partial charge in [0.1, 0.15) is 0 Å². The van der Waals surface area contributed by atoms with Crippen molar-refractivity contribution in [3.05, 3.63) is 53.6 Å². The highest BCUT2D eigenvalue weighted by atomic mass is 16.1. The van der Waals surface area contributed by atoms with Crippen LogP contribution in [0.5, 0.6) is 0 Å². The molecular formula is C22H26N2O. The number of carbonyl (C=O) groups is 1. The molecule has 1 fully saturated rings. The van der Waals surface area contributed by atoms with E-state index in [2.05, 4.69) is 46.6 Å².